The van der Waals surface area contributed by atoms with Crippen LogP contribution in [0.4, 0.5) is 0 Å². The molecule has 2 aliphatic heterocycles. The summed E-state index contributed by atoms with van der Waals surface area (Å²) >= 11 is 1.76. The number of carbonyl (C=O) groups is 2. The van der Waals surface area contributed by atoms with Gasteiger partial charge in [0.05, 0.1) is 0 Å². The lowest BCUT2D eigenvalue weighted by molar-refractivity contribution is -0.143. The van der Waals surface area contributed by atoms with E-state index in [2.05, 4.69) is 11.4 Å². The zero-order valence-electron chi connectivity index (χ0n) is 12.0. The number of thiophene rings is 1. The monoisotopic (exact) mass is 308 g/mol. The van der Waals surface area contributed by atoms with E-state index in [4.69, 9.17) is 5.11 Å². The van der Waals surface area contributed by atoms with Crippen LogP contribution in [0, 0.1) is 0 Å². The van der Waals surface area contributed by atoms with Crippen LogP contribution in [0.3, 0.4) is 0 Å². The highest BCUT2D eigenvalue weighted by atomic mass is 32.1. The second-order valence-electron chi connectivity index (χ2n) is 5.72. The molecule has 6 heteroatoms. The molecule has 21 heavy (non-hydrogen) atoms. The molecule has 0 aliphatic carbocycles. The van der Waals surface area contributed by atoms with Crippen molar-refractivity contribution in [2.75, 3.05) is 19.6 Å². The van der Waals surface area contributed by atoms with Crippen LogP contribution in [0.1, 0.15) is 29.7 Å². The van der Waals surface area contributed by atoms with Gasteiger partial charge < -0.3 is 10.0 Å². The molecule has 1 fully saturated rings. The van der Waals surface area contributed by atoms with E-state index in [1.165, 1.54) is 10.4 Å². The third kappa shape index (κ3) is 3.11. The Morgan fingerprint density at radius 1 is 1.38 bits per heavy atom. The average molecular weight is 308 g/mol. The maximum atomic E-state index is 12.3. The lowest BCUT2D eigenvalue weighted by atomic mass is 10.1. The number of hydrogen-bond acceptors (Lipinski definition) is 4. The fraction of sp³-hybridized carbons (Fsp3) is 0.600. The largest absolute Gasteiger partial charge is 0.480 e. The predicted octanol–water partition coefficient (Wildman–Crippen LogP) is 1.57. The molecule has 0 spiro atoms. The second kappa shape index (κ2) is 6.15. The molecule has 3 rings (SSSR count). The molecule has 0 aromatic carbocycles. The minimum atomic E-state index is -0.763. The minimum absolute atomic E-state index is 0.142. The number of carboxylic acid groups (broad SMARTS) is 1. The van der Waals surface area contributed by atoms with Crippen LogP contribution in [0.15, 0.2) is 11.4 Å². The first-order valence-corrected chi connectivity index (χ1v) is 8.33. The quantitative estimate of drug-likeness (QED) is 0.917. The van der Waals surface area contributed by atoms with Crippen LogP contribution in [0.2, 0.25) is 0 Å². The van der Waals surface area contributed by atoms with Crippen LogP contribution >= 0.6 is 11.3 Å². The van der Waals surface area contributed by atoms with Gasteiger partial charge in [-0.2, -0.15) is 0 Å². The van der Waals surface area contributed by atoms with Gasteiger partial charge in [-0.15, -0.1) is 11.3 Å². The molecule has 1 amide bonds. The molecule has 0 saturated carbocycles. The summed E-state index contributed by atoms with van der Waals surface area (Å²) in [6.45, 7) is 2.84. The molecule has 1 unspecified atom stereocenters. The van der Waals surface area contributed by atoms with Gasteiger partial charge in [0.15, 0.2) is 0 Å². The lowest BCUT2D eigenvalue weighted by Crippen LogP contribution is -2.40. The summed E-state index contributed by atoms with van der Waals surface area (Å²) in [5.74, 6) is -0.622. The van der Waals surface area contributed by atoms with Gasteiger partial charge in [0, 0.05) is 30.9 Å². The second-order valence-corrected chi connectivity index (χ2v) is 6.72. The van der Waals surface area contributed by atoms with Crippen molar-refractivity contribution in [2.24, 2.45) is 0 Å². The van der Waals surface area contributed by atoms with Crippen molar-refractivity contribution < 1.29 is 14.7 Å². The Balaban J connectivity index is 1.52. The number of amides is 1. The third-order valence-corrected chi connectivity index (χ3v) is 5.44. The molecule has 3 heterocycles. The molecule has 5 nitrogen and oxygen atoms in total. The maximum absolute atomic E-state index is 12.3. The Labute approximate surface area is 128 Å². The van der Waals surface area contributed by atoms with Crippen LogP contribution in [0.25, 0.3) is 0 Å². The van der Waals surface area contributed by atoms with E-state index in [0.29, 0.717) is 25.9 Å². The molecule has 0 radical (unpaired) electrons. The van der Waals surface area contributed by atoms with Crippen molar-refractivity contribution >= 4 is 23.2 Å². The summed E-state index contributed by atoms with van der Waals surface area (Å²) in [6, 6.07) is 1.70. The van der Waals surface area contributed by atoms with Gasteiger partial charge in [0.1, 0.15) is 6.04 Å². The molecule has 1 N–H and O–H groups in total. The van der Waals surface area contributed by atoms with E-state index in [-0.39, 0.29) is 5.91 Å². The molecule has 1 saturated heterocycles. The molecule has 2 aliphatic rings. The number of rotatable bonds is 4. The minimum Gasteiger partial charge on any atom is -0.480 e. The van der Waals surface area contributed by atoms with Crippen molar-refractivity contribution in [2.45, 2.75) is 38.3 Å². The Hall–Kier alpha value is -1.40. The van der Waals surface area contributed by atoms with Crippen molar-refractivity contribution in [3.8, 4) is 0 Å². The van der Waals surface area contributed by atoms with E-state index >= 15 is 0 Å². The lowest BCUT2D eigenvalue weighted by Gasteiger charge is -2.28. The highest BCUT2D eigenvalue weighted by Gasteiger charge is 2.31. The first-order valence-electron chi connectivity index (χ1n) is 7.45. The molecule has 1 aromatic heterocycles. The van der Waals surface area contributed by atoms with Gasteiger partial charge in [-0.3, -0.25) is 14.5 Å². The SMILES string of the molecule is O=C(O)C1CCCN1CCC(=O)N1CCc2sccc2C1. The molecular weight excluding hydrogens is 288 g/mol. The van der Waals surface area contributed by atoms with Gasteiger partial charge in [-0.05, 0) is 42.8 Å². The number of nitrogens with zero attached hydrogens (tertiary/aromatic N) is 2. The average Bonchev–Trinajstić information content (AvgIpc) is 3.12. The van der Waals surface area contributed by atoms with Crippen LogP contribution < -0.4 is 0 Å². The third-order valence-electron chi connectivity index (χ3n) is 4.42. The summed E-state index contributed by atoms with van der Waals surface area (Å²) < 4.78 is 0. The number of carboxylic acids is 1. The highest BCUT2D eigenvalue weighted by molar-refractivity contribution is 7.10. The first-order chi connectivity index (χ1) is 10.1. The summed E-state index contributed by atoms with van der Waals surface area (Å²) in [5.41, 5.74) is 1.27. The molecular formula is C15H20N2O3S. The first kappa shape index (κ1) is 14.5. The van der Waals surface area contributed by atoms with Crippen LogP contribution in [0.5, 0.6) is 0 Å². The van der Waals surface area contributed by atoms with Crippen molar-refractivity contribution in [3.63, 3.8) is 0 Å². The Morgan fingerprint density at radius 3 is 3.05 bits per heavy atom. The number of aliphatic carboxylic acids is 1. The van der Waals surface area contributed by atoms with E-state index < -0.39 is 12.0 Å². The maximum Gasteiger partial charge on any atom is 0.320 e. The Bertz CT molecular complexity index is 543. The normalized spacial score (nSPS) is 22.3. The van der Waals surface area contributed by atoms with Crippen LogP contribution in [-0.2, 0) is 22.6 Å². The smallest absolute Gasteiger partial charge is 0.320 e. The van der Waals surface area contributed by atoms with Crippen molar-refractivity contribution in [1.29, 1.82) is 0 Å². The van der Waals surface area contributed by atoms with Gasteiger partial charge >= 0.3 is 5.97 Å². The number of likely N-dealkylation sites (tertiary alicyclic amines) is 1. The highest BCUT2D eigenvalue weighted by Crippen LogP contribution is 2.24. The summed E-state index contributed by atoms with van der Waals surface area (Å²) in [4.78, 5) is 28.7. The number of carbonyl (C=O) groups excluding carboxylic acids is 1. The van der Waals surface area contributed by atoms with Gasteiger partial charge in [0.25, 0.3) is 0 Å². The zero-order chi connectivity index (χ0) is 14.8. The standard InChI is InChI=1S/C15H20N2O3S/c18-14(4-8-16-6-1-2-12(16)15(19)20)17-7-3-13-11(10-17)5-9-21-13/h5,9,12H,1-4,6-8,10H2,(H,19,20). The summed E-state index contributed by atoms with van der Waals surface area (Å²) in [6.07, 6.45) is 2.97. The van der Waals surface area contributed by atoms with Crippen molar-refractivity contribution in [1.82, 2.24) is 9.80 Å². The van der Waals surface area contributed by atoms with Gasteiger partial charge in [-0.1, -0.05) is 0 Å². The topological polar surface area (TPSA) is 60.9 Å². The molecule has 1 aromatic rings. The van der Waals surface area contributed by atoms with Crippen molar-refractivity contribution in [3.05, 3.63) is 21.9 Å². The molecule has 114 valence electrons. The Kier molecular flexibility index (Phi) is 4.26. The van der Waals surface area contributed by atoms with E-state index in [9.17, 15) is 9.59 Å². The van der Waals surface area contributed by atoms with Gasteiger partial charge in [-0.25, -0.2) is 0 Å². The zero-order valence-corrected chi connectivity index (χ0v) is 12.8. The fourth-order valence-electron chi connectivity index (χ4n) is 3.23. The van der Waals surface area contributed by atoms with E-state index in [1.807, 2.05) is 9.80 Å². The number of hydrogen-bond donors (Lipinski definition) is 1. The molecule has 0 bridgehead atoms. The van der Waals surface area contributed by atoms with Gasteiger partial charge in [0.2, 0.25) is 5.91 Å². The summed E-state index contributed by atoms with van der Waals surface area (Å²) in [5, 5.41) is 11.2. The Morgan fingerprint density at radius 2 is 2.24 bits per heavy atom. The molecule has 1 atom stereocenters. The summed E-state index contributed by atoms with van der Waals surface area (Å²) in [7, 11) is 0. The number of fused-ring (bicyclic) bond motifs is 1. The fourth-order valence-corrected chi connectivity index (χ4v) is 4.12. The van der Waals surface area contributed by atoms with Crippen LogP contribution in [-0.4, -0.2) is 52.5 Å². The van der Waals surface area contributed by atoms with E-state index in [0.717, 1.165) is 25.9 Å². The predicted molar refractivity (Wildman–Crippen MR) is 80.3 cm³/mol. The van der Waals surface area contributed by atoms with E-state index in [1.54, 1.807) is 11.3 Å².